The monoisotopic (exact) mass is 619 g/mol. The molecule has 1 aromatic carbocycles. The lowest BCUT2D eigenvalue weighted by molar-refractivity contribution is -0.155. The van der Waals surface area contributed by atoms with Gasteiger partial charge in [0, 0.05) is 51.0 Å². The number of piperazine rings is 1. The number of aromatic nitrogens is 2. The van der Waals surface area contributed by atoms with Gasteiger partial charge in [0.15, 0.2) is 5.82 Å². The third kappa shape index (κ3) is 9.44. The first-order chi connectivity index (χ1) is 21.4. The number of carbonyl (C=O) groups excluding carboxylic acids is 5. The first kappa shape index (κ1) is 33.3. The molecule has 2 aromatic rings. The average molecular weight is 620 g/mol. The van der Waals surface area contributed by atoms with E-state index in [9.17, 15) is 24.0 Å². The number of ether oxygens (including phenoxy) is 2. The Bertz CT molecular complexity index is 1440. The first-order valence-electron chi connectivity index (χ1n) is 15.3. The number of rotatable bonds is 9. The van der Waals surface area contributed by atoms with Crippen LogP contribution in [0.25, 0.3) is 17.0 Å². The number of benzene rings is 1. The van der Waals surface area contributed by atoms with Crippen LogP contribution in [0.15, 0.2) is 42.5 Å². The summed E-state index contributed by atoms with van der Waals surface area (Å²) in [5.41, 5.74) is 1.44. The van der Waals surface area contributed by atoms with E-state index in [1.54, 1.807) is 38.7 Å². The third-order valence-corrected chi connectivity index (χ3v) is 7.35. The van der Waals surface area contributed by atoms with Crippen molar-refractivity contribution in [1.29, 1.82) is 0 Å². The smallest absolute Gasteiger partial charge is 0.409 e. The van der Waals surface area contributed by atoms with Crippen molar-refractivity contribution in [2.24, 2.45) is 0 Å². The van der Waals surface area contributed by atoms with Crippen LogP contribution in [0.2, 0.25) is 0 Å². The highest BCUT2D eigenvalue weighted by molar-refractivity contribution is 5.97. The predicted octanol–water partition coefficient (Wildman–Crippen LogP) is 3.80. The van der Waals surface area contributed by atoms with Crippen molar-refractivity contribution in [3.8, 4) is 11.4 Å². The summed E-state index contributed by atoms with van der Waals surface area (Å²) in [6.07, 6.45) is 2.49. The van der Waals surface area contributed by atoms with Crippen molar-refractivity contribution < 1.29 is 33.4 Å². The number of amides is 3. The fraction of sp³-hybridized carbons (Fsp3) is 0.485. The number of hydrogen-bond donors (Lipinski definition) is 1. The molecule has 2 heterocycles. The Balaban J connectivity index is 1.58. The van der Waals surface area contributed by atoms with Crippen LogP contribution in [-0.2, 0) is 23.9 Å². The van der Waals surface area contributed by atoms with Gasteiger partial charge >= 0.3 is 12.1 Å². The van der Waals surface area contributed by atoms with Crippen LogP contribution in [-0.4, -0.2) is 93.9 Å². The lowest BCUT2D eigenvalue weighted by atomic mass is 9.95. The molecule has 0 unspecified atom stereocenters. The molecule has 1 aliphatic heterocycles. The zero-order valence-electron chi connectivity index (χ0n) is 26.3. The van der Waals surface area contributed by atoms with E-state index in [-0.39, 0.29) is 63.0 Å². The van der Waals surface area contributed by atoms with Crippen molar-refractivity contribution in [1.82, 2.24) is 25.1 Å². The van der Waals surface area contributed by atoms with Gasteiger partial charge in [-0.2, -0.15) is 0 Å². The first-order valence-corrected chi connectivity index (χ1v) is 15.3. The highest BCUT2D eigenvalue weighted by atomic mass is 16.6. The fourth-order valence-electron chi connectivity index (χ4n) is 5.08. The van der Waals surface area contributed by atoms with Gasteiger partial charge in [0.2, 0.25) is 5.91 Å². The molecule has 0 radical (unpaired) electrons. The highest BCUT2D eigenvalue weighted by Crippen LogP contribution is 2.26. The minimum Gasteiger partial charge on any atom is -0.460 e. The predicted molar refractivity (Wildman–Crippen MR) is 166 cm³/mol. The van der Waals surface area contributed by atoms with Crippen molar-refractivity contribution in [3.05, 3.63) is 53.9 Å². The van der Waals surface area contributed by atoms with Gasteiger partial charge in [-0.05, 0) is 52.2 Å². The van der Waals surface area contributed by atoms with Crippen molar-refractivity contribution in [3.63, 3.8) is 0 Å². The summed E-state index contributed by atoms with van der Waals surface area (Å²) in [6.45, 7) is 8.32. The van der Waals surface area contributed by atoms with Crippen LogP contribution in [0.4, 0.5) is 4.79 Å². The SMILES string of the molecule is CCOC(=O)N1CCN(C(=O)[C@H](CCC(=O)OC(C)(C)C)NC(=O)c2cc(C3=CCC(=O)CC3)nc(-c3ccccc3)n2)CC1. The van der Waals surface area contributed by atoms with E-state index >= 15 is 0 Å². The van der Waals surface area contributed by atoms with Gasteiger partial charge in [0.1, 0.15) is 23.1 Å². The van der Waals surface area contributed by atoms with Crippen molar-refractivity contribution in [2.45, 2.75) is 71.4 Å². The van der Waals surface area contributed by atoms with Gasteiger partial charge in [0.25, 0.3) is 5.91 Å². The number of nitrogens with zero attached hydrogens (tertiary/aromatic N) is 4. The molecular formula is C33H41N5O7. The van der Waals surface area contributed by atoms with Crippen LogP contribution >= 0.6 is 0 Å². The van der Waals surface area contributed by atoms with E-state index in [4.69, 9.17) is 14.5 Å². The normalized spacial score (nSPS) is 16.0. The van der Waals surface area contributed by atoms with Gasteiger partial charge in [-0.1, -0.05) is 36.4 Å². The maximum Gasteiger partial charge on any atom is 0.409 e. The molecule has 1 atom stereocenters. The largest absolute Gasteiger partial charge is 0.460 e. The number of esters is 1. The maximum atomic E-state index is 13.8. The summed E-state index contributed by atoms with van der Waals surface area (Å²) < 4.78 is 10.5. The van der Waals surface area contributed by atoms with Crippen molar-refractivity contribution in [2.75, 3.05) is 32.8 Å². The van der Waals surface area contributed by atoms with E-state index in [1.807, 2.05) is 36.4 Å². The zero-order valence-corrected chi connectivity index (χ0v) is 26.3. The molecule has 0 spiro atoms. The number of ketones is 1. The zero-order chi connectivity index (χ0) is 32.6. The molecule has 1 aliphatic carbocycles. The highest BCUT2D eigenvalue weighted by Gasteiger charge is 2.32. The molecular weight excluding hydrogens is 578 g/mol. The second-order valence-electron chi connectivity index (χ2n) is 12.0. The van der Waals surface area contributed by atoms with Gasteiger partial charge in [-0.3, -0.25) is 19.2 Å². The standard InChI is InChI=1S/C33H41N5O7/c1-5-44-32(43)38-19-17-37(18-20-38)31(42)25(15-16-28(40)45-33(2,3)4)36-30(41)27-21-26(22-11-13-24(39)14-12-22)34-29(35-27)23-9-7-6-8-10-23/h6-11,21,25H,5,12-20H2,1-4H3,(H,36,41)/t25-/m0/s1. The van der Waals surface area contributed by atoms with Crippen LogP contribution in [0.5, 0.6) is 0 Å². The maximum absolute atomic E-state index is 13.8. The Morgan fingerprint density at radius 3 is 2.29 bits per heavy atom. The minimum absolute atomic E-state index is 0.00826. The molecule has 45 heavy (non-hydrogen) atoms. The van der Waals surface area contributed by atoms with Crippen LogP contribution in [0.3, 0.4) is 0 Å². The van der Waals surface area contributed by atoms with Gasteiger partial charge in [0.05, 0.1) is 12.3 Å². The number of carbonyl (C=O) groups is 5. The summed E-state index contributed by atoms with van der Waals surface area (Å²) in [5, 5.41) is 2.81. The quantitative estimate of drug-likeness (QED) is 0.414. The molecule has 1 aromatic heterocycles. The Morgan fingerprint density at radius 1 is 0.978 bits per heavy atom. The molecule has 1 N–H and O–H groups in total. The number of nitrogens with one attached hydrogen (secondary N) is 1. The van der Waals surface area contributed by atoms with E-state index in [2.05, 4.69) is 10.3 Å². The Hall–Kier alpha value is -4.61. The lowest BCUT2D eigenvalue weighted by Crippen LogP contribution is -2.56. The third-order valence-electron chi connectivity index (χ3n) is 7.35. The summed E-state index contributed by atoms with van der Waals surface area (Å²) in [6, 6.07) is 9.74. The van der Waals surface area contributed by atoms with Crippen LogP contribution < -0.4 is 5.32 Å². The average Bonchev–Trinajstić information content (AvgIpc) is 3.02. The molecule has 0 bridgehead atoms. The fourth-order valence-corrected chi connectivity index (χ4v) is 5.08. The summed E-state index contributed by atoms with van der Waals surface area (Å²) in [4.78, 5) is 76.4. The molecule has 2 aliphatic rings. The number of hydrogen-bond acceptors (Lipinski definition) is 9. The molecule has 240 valence electrons. The van der Waals surface area contributed by atoms with E-state index in [0.717, 1.165) is 5.57 Å². The topological polar surface area (TPSA) is 148 Å². The van der Waals surface area contributed by atoms with E-state index < -0.39 is 29.6 Å². The van der Waals surface area contributed by atoms with E-state index in [0.29, 0.717) is 36.3 Å². The summed E-state index contributed by atoms with van der Waals surface area (Å²) in [7, 11) is 0. The van der Waals surface area contributed by atoms with Gasteiger partial charge in [-0.25, -0.2) is 14.8 Å². The minimum atomic E-state index is -1.05. The molecule has 12 nitrogen and oxygen atoms in total. The number of Topliss-reactive ketones (excluding diaryl/α,β-unsaturated/α-hetero) is 1. The lowest BCUT2D eigenvalue weighted by Gasteiger charge is -2.36. The van der Waals surface area contributed by atoms with Gasteiger partial charge < -0.3 is 24.6 Å². The van der Waals surface area contributed by atoms with Crippen LogP contribution in [0.1, 0.15) is 76.0 Å². The molecule has 4 rings (SSSR count). The Morgan fingerprint density at radius 2 is 1.67 bits per heavy atom. The Labute approximate surface area is 263 Å². The number of allylic oxidation sites excluding steroid dienone is 2. The second kappa shape index (κ2) is 14.9. The van der Waals surface area contributed by atoms with Crippen molar-refractivity contribution >= 4 is 35.2 Å². The van der Waals surface area contributed by atoms with E-state index in [1.165, 1.54) is 4.90 Å². The van der Waals surface area contributed by atoms with Gasteiger partial charge in [-0.15, -0.1) is 0 Å². The second-order valence-corrected chi connectivity index (χ2v) is 12.0. The molecule has 1 saturated heterocycles. The molecule has 3 amide bonds. The molecule has 0 saturated carbocycles. The molecule has 1 fully saturated rings. The summed E-state index contributed by atoms with van der Waals surface area (Å²) in [5.74, 6) is -0.986. The Kier molecular flexibility index (Phi) is 11.0. The molecule has 12 heteroatoms. The summed E-state index contributed by atoms with van der Waals surface area (Å²) >= 11 is 0. The van der Waals surface area contributed by atoms with Crippen LogP contribution in [0, 0.1) is 0 Å².